The highest BCUT2D eigenvalue weighted by atomic mass is 16.1. The fourth-order valence-corrected chi connectivity index (χ4v) is 2.09. The number of nitrogens with two attached hydrogens (primary N) is 1. The Hall–Kier alpha value is -3.54. The van der Waals surface area contributed by atoms with Crippen LogP contribution in [-0.2, 0) is 0 Å². The lowest BCUT2D eigenvalue weighted by Crippen LogP contribution is -2.16. The van der Waals surface area contributed by atoms with Gasteiger partial charge in [0.1, 0.15) is 0 Å². The van der Waals surface area contributed by atoms with Crippen molar-refractivity contribution in [1.82, 2.24) is 15.0 Å². The predicted octanol–water partition coefficient (Wildman–Crippen LogP) is 2.88. The van der Waals surface area contributed by atoms with E-state index in [2.05, 4.69) is 20.3 Å². The Kier molecular flexibility index (Phi) is 4.57. The van der Waals surface area contributed by atoms with Gasteiger partial charge >= 0.3 is 0 Å². The summed E-state index contributed by atoms with van der Waals surface area (Å²) in [7, 11) is 0. The number of hydrogen-bond donors (Lipinski definition) is 2. The van der Waals surface area contributed by atoms with Crippen LogP contribution in [0.4, 0.5) is 11.5 Å². The van der Waals surface area contributed by atoms with Gasteiger partial charge in [0.2, 0.25) is 0 Å². The van der Waals surface area contributed by atoms with E-state index in [9.17, 15) is 4.79 Å². The third kappa shape index (κ3) is 3.80. The van der Waals surface area contributed by atoms with Crippen LogP contribution in [0.25, 0.3) is 12.2 Å². The van der Waals surface area contributed by atoms with E-state index in [0.717, 1.165) is 11.3 Å². The molecular formula is C18H15N5O. The van der Waals surface area contributed by atoms with Crippen LogP contribution >= 0.6 is 0 Å². The molecule has 118 valence electrons. The first-order chi connectivity index (χ1) is 11.7. The van der Waals surface area contributed by atoms with Crippen molar-refractivity contribution in [3.8, 4) is 0 Å². The first-order valence-electron chi connectivity index (χ1n) is 7.29. The lowest BCUT2D eigenvalue weighted by Gasteiger charge is -2.06. The van der Waals surface area contributed by atoms with E-state index in [0.29, 0.717) is 5.69 Å². The number of aromatic nitrogens is 3. The molecule has 1 amide bonds. The quantitative estimate of drug-likeness (QED) is 0.771. The number of carbonyl (C=O) groups is 1. The third-order valence-electron chi connectivity index (χ3n) is 3.22. The average Bonchev–Trinajstić information content (AvgIpc) is 2.61. The number of carbonyl (C=O) groups excluding carboxylic acids is 1. The summed E-state index contributed by atoms with van der Waals surface area (Å²) < 4.78 is 0. The predicted molar refractivity (Wildman–Crippen MR) is 94.0 cm³/mol. The van der Waals surface area contributed by atoms with E-state index in [1.807, 2.05) is 48.6 Å². The van der Waals surface area contributed by atoms with Gasteiger partial charge in [-0.15, -0.1) is 0 Å². The summed E-state index contributed by atoms with van der Waals surface area (Å²) >= 11 is 0. The van der Waals surface area contributed by atoms with Crippen molar-refractivity contribution < 1.29 is 4.79 Å². The first kappa shape index (κ1) is 15.4. The Morgan fingerprint density at radius 1 is 0.958 bits per heavy atom. The number of pyridine rings is 1. The zero-order chi connectivity index (χ0) is 16.8. The Morgan fingerprint density at radius 2 is 1.83 bits per heavy atom. The maximum Gasteiger partial charge on any atom is 0.278 e. The van der Waals surface area contributed by atoms with Gasteiger partial charge in [-0.25, -0.2) is 9.97 Å². The fourth-order valence-electron chi connectivity index (χ4n) is 2.09. The number of rotatable bonds is 4. The molecule has 3 rings (SSSR count). The molecule has 0 aliphatic carbocycles. The maximum absolute atomic E-state index is 12.2. The highest BCUT2D eigenvalue weighted by Crippen LogP contribution is 2.15. The van der Waals surface area contributed by atoms with Gasteiger partial charge in [-0.05, 0) is 35.9 Å². The average molecular weight is 317 g/mol. The van der Waals surface area contributed by atoms with E-state index in [4.69, 9.17) is 5.73 Å². The van der Waals surface area contributed by atoms with Crippen LogP contribution in [0, 0.1) is 0 Å². The molecule has 2 aromatic heterocycles. The van der Waals surface area contributed by atoms with Crippen LogP contribution in [0.5, 0.6) is 0 Å². The molecule has 6 nitrogen and oxygen atoms in total. The normalized spacial score (nSPS) is 10.7. The Morgan fingerprint density at radius 3 is 2.62 bits per heavy atom. The number of anilines is 2. The summed E-state index contributed by atoms with van der Waals surface area (Å²) in [4.78, 5) is 24.2. The largest absolute Gasteiger partial charge is 0.382 e. The highest BCUT2D eigenvalue weighted by molar-refractivity contribution is 6.05. The van der Waals surface area contributed by atoms with Crippen LogP contribution in [0.2, 0.25) is 0 Å². The van der Waals surface area contributed by atoms with Crippen molar-refractivity contribution in [2.75, 3.05) is 11.1 Å². The van der Waals surface area contributed by atoms with Gasteiger partial charge in [-0.1, -0.05) is 24.3 Å². The minimum Gasteiger partial charge on any atom is -0.382 e. The van der Waals surface area contributed by atoms with Crippen LogP contribution in [0.3, 0.4) is 0 Å². The minimum atomic E-state index is -0.397. The molecule has 2 heterocycles. The Labute approximate surface area is 139 Å². The molecule has 0 atom stereocenters. The molecule has 0 saturated carbocycles. The second kappa shape index (κ2) is 7.15. The monoisotopic (exact) mass is 317 g/mol. The standard InChI is InChI=1S/C18H15N5O/c19-17-16(21-10-11-22-17)18(24)23-15-6-3-4-13(12-15)7-8-14-5-1-2-9-20-14/h1-12H,(H2,19,22)(H,23,24)/b8-7+. The molecule has 3 aromatic rings. The summed E-state index contributed by atoms with van der Waals surface area (Å²) in [5.74, 6) is -0.298. The van der Waals surface area contributed by atoms with Crippen molar-refractivity contribution in [1.29, 1.82) is 0 Å². The second-order valence-electron chi connectivity index (χ2n) is 4.96. The van der Waals surface area contributed by atoms with Crippen LogP contribution < -0.4 is 11.1 Å². The summed E-state index contributed by atoms with van der Waals surface area (Å²) in [5.41, 5.74) is 8.21. The molecule has 0 spiro atoms. The van der Waals surface area contributed by atoms with Crippen LogP contribution in [0.1, 0.15) is 21.7 Å². The van der Waals surface area contributed by atoms with Crippen molar-refractivity contribution in [2.45, 2.75) is 0 Å². The summed E-state index contributed by atoms with van der Waals surface area (Å²) in [6, 6.07) is 13.1. The van der Waals surface area contributed by atoms with E-state index in [-0.39, 0.29) is 11.5 Å². The first-order valence-corrected chi connectivity index (χ1v) is 7.29. The SMILES string of the molecule is Nc1nccnc1C(=O)Nc1cccc(/C=C/c2ccccn2)c1. The molecular weight excluding hydrogens is 302 g/mol. The molecule has 0 aliphatic rings. The number of hydrogen-bond acceptors (Lipinski definition) is 5. The van der Waals surface area contributed by atoms with Gasteiger partial charge in [0.25, 0.3) is 5.91 Å². The molecule has 3 N–H and O–H groups in total. The topological polar surface area (TPSA) is 93.8 Å². The number of nitrogens with zero attached hydrogens (tertiary/aromatic N) is 3. The van der Waals surface area contributed by atoms with Gasteiger partial charge in [-0.3, -0.25) is 9.78 Å². The summed E-state index contributed by atoms with van der Waals surface area (Å²) in [5, 5.41) is 2.77. The smallest absolute Gasteiger partial charge is 0.278 e. The molecule has 0 fully saturated rings. The Bertz CT molecular complexity index is 877. The molecule has 0 radical (unpaired) electrons. The molecule has 24 heavy (non-hydrogen) atoms. The summed E-state index contributed by atoms with van der Waals surface area (Å²) in [6.45, 7) is 0. The van der Waals surface area contributed by atoms with E-state index in [1.165, 1.54) is 12.4 Å². The minimum absolute atomic E-state index is 0.0983. The number of benzene rings is 1. The third-order valence-corrected chi connectivity index (χ3v) is 3.22. The van der Waals surface area contributed by atoms with Crippen LogP contribution in [0.15, 0.2) is 61.1 Å². The van der Waals surface area contributed by atoms with Crippen LogP contribution in [-0.4, -0.2) is 20.9 Å². The number of nitrogen functional groups attached to an aromatic ring is 1. The number of amides is 1. The zero-order valence-electron chi connectivity index (χ0n) is 12.8. The van der Waals surface area contributed by atoms with Crippen molar-refractivity contribution in [3.05, 3.63) is 78.0 Å². The molecule has 0 aliphatic heterocycles. The molecule has 0 bridgehead atoms. The van der Waals surface area contributed by atoms with Crippen molar-refractivity contribution in [3.63, 3.8) is 0 Å². The molecule has 1 aromatic carbocycles. The molecule has 0 unspecified atom stereocenters. The summed E-state index contributed by atoms with van der Waals surface area (Å²) in [6.07, 6.45) is 8.43. The zero-order valence-corrected chi connectivity index (χ0v) is 12.8. The van der Waals surface area contributed by atoms with Gasteiger partial charge < -0.3 is 11.1 Å². The lowest BCUT2D eigenvalue weighted by atomic mass is 10.1. The Balaban J connectivity index is 1.75. The number of nitrogens with one attached hydrogen (secondary N) is 1. The van der Waals surface area contributed by atoms with E-state index in [1.54, 1.807) is 12.3 Å². The lowest BCUT2D eigenvalue weighted by molar-refractivity contribution is 0.102. The highest BCUT2D eigenvalue weighted by Gasteiger charge is 2.11. The van der Waals surface area contributed by atoms with Crippen molar-refractivity contribution >= 4 is 29.6 Å². The van der Waals surface area contributed by atoms with Gasteiger partial charge in [0, 0.05) is 24.3 Å². The molecule has 0 saturated heterocycles. The second-order valence-corrected chi connectivity index (χ2v) is 4.96. The van der Waals surface area contributed by atoms with Crippen molar-refractivity contribution in [2.24, 2.45) is 0 Å². The van der Waals surface area contributed by atoms with Gasteiger partial charge in [-0.2, -0.15) is 0 Å². The van der Waals surface area contributed by atoms with E-state index >= 15 is 0 Å². The van der Waals surface area contributed by atoms with E-state index < -0.39 is 5.91 Å². The molecule has 6 heteroatoms. The van der Waals surface area contributed by atoms with Gasteiger partial charge in [0.05, 0.1) is 5.69 Å². The van der Waals surface area contributed by atoms with Gasteiger partial charge in [0.15, 0.2) is 11.5 Å². The fraction of sp³-hybridized carbons (Fsp3) is 0. The maximum atomic E-state index is 12.2.